The lowest BCUT2D eigenvalue weighted by Gasteiger charge is -2.06. The highest BCUT2D eigenvalue weighted by molar-refractivity contribution is 9.10. The molecule has 0 spiro atoms. The molecule has 1 aromatic carbocycles. The number of hydrogen-bond donors (Lipinski definition) is 0. The number of hydrogen-bond acceptors (Lipinski definition) is 4. The van der Waals surface area contributed by atoms with Crippen molar-refractivity contribution in [1.82, 2.24) is 4.98 Å². The second-order valence-electron chi connectivity index (χ2n) is 4.00. The predicted molar refractivity (Wildman–Crippen MR) is 83.9 cm³/mol. The van der Waals surface area contributed by atoms with E-state index in [1.54, 1.807) is 30.1 Å². The van der Waals surface area contributed by atoms with Crippen LogP contribution in [0.25, 0.3) is 0 Å². The van der Waals surface area contributed by atoms with E-state index in [0.717, 1.165) is 27.4 Å². The first-order valence-corrected chi connectivity index (χ1v) is 7.93. The molecule has 5 heteroatoms. The van der Waals surface area contributed by atoms with Gasteiger partial charge in [0.2, 0.25) is 0 Å². The zero-order chi connectivity index (χ0) is 14.2. The van der Waals surface area contributed by atoms with E-state index >= 15 is 0 Å². The summed E-state index contributed by atoms with van der Waals surface area (Å²) in [5, 5.41) is 9.81. The van der Waals surface area contributed by atoms with E-state index in [-0.39, 0.29) is 0 Å². The van der Waals surface area contributed by atoms with Crippen LogP contribution in [0.15, 0.2) is 52.1 Å². The first-order valence-electron chi connectivity index (χ1n) is 6.15. The Kier molecular flexibility index (Phi) is 5.90. The Morgan fingerprint density at radius 3 is 2.95 bits per heavy atom. The maximum absolute atomic E-state index is 8.80. The second-order valence-corrected chi connectivity index (χ2v) is 6.04. The standard InChI is InChI=1S/C15H13BrN2OS/c16-13-5-6-15(18-11-13)20-8-2-7-19-14-4-1-3-12(9-14)10-17/h1,3-6,9,11H,2,7-8H2. The number of thioether (sulfide) groups is 1. The highest BCUT2D eigenvalue weighted by Gasteiger charge is 1.98. The summed E-state index contributed by atoms with van der Waals surface area (Å²) in [7, 11) is 0. The third-order valence-electron chi connectivity index (χ3n) is 2.47. The molecule has 0 fully saturated rings. The third-order valence-corrected chi connectivity index (χ3v) is 3.97. The third kappa shape index (κ3) is 4.87. The van der Waals surface area contributed by atoms with Gasteiger partial charge in [0, 0.05) is 16.4 Å². The van der Waals surface area contributed by atoms with Gasteiger partial charge in [0.15, 0.2) is 0 Å². The Hall–Kier alpha value is -1.51. The average molecular weight is 349 g/mol. The van der Waals surface area contributed by atoms with Crippen molar-refractivity contribution in [2.45, 2.75) is 11.4 Å². The lowest BCUT2D eigenvalue weighted by molar-refractivity contribution is 0.318. The highest BCUT2D eigenvalue weighted by Crippen LogP contribution is 2.18. The zero-order valence-electron chi connectivity index (χ0n) is 10.8. The smallest absolute Gasteiger partial charge is 0.120 e. The van der Waals surface area contributed by atoms with Gasteiger partial charge in [0.25, 0.3) is 0 Å². The fourth-order valence-corrected chi connectivity index (χ4v) is 2.53. The van der Waals surface area contributed by atoms with Crippen molar-refractivity contribution < 1.29 is 4.74 Å². The summed E-state index contributed by atoms with van der Waals surface area (Å²) in [6.07, 6.45) is 2.73. The van der Waals surface area contributed by atoms with Crippen molar-refractivity contribution in [2.75, 3.05) is 12.4 Å². The molecule has 3 nitrogen and oxygen atoms in total. The number of halogens is 1. The maximum atomic E-state index is 8.80. The van der Waals surface area contributed by atoms with E-state index in [0.29, 0.717) is 12.2 Å². The van der Waals surface area contributed by atoms with Gasteiger partial charge in [-0.05, 0) is 52.7 Å². The van der Waals surface area contributed by atoms with E-state index in [1.165, 1.54) is 0 Å². The number of ether oxygens (including phenoxy) is 1. The van der Waals surface area contributed by atoms with Crippen LogP contribution in [-0.4, -0.2) is 17.3 Å². The summed E-state index contributed by atoms with van der Waals surface area (Å²) in [6.45, 7) is 0.637. The molecule has 0 amide bonds. The second kappa shape index (κ2) is 7.93. The zero-order valence-corrected chi connectivity index (χ0v) is 13.2. The van der Waals surface area contributed by atoms with E-state index in [1.807, 2.05) is 24.3 Å². The van der Waals surface area contributed by atoms with Crippen LogP contribution in [0.3, 0.4) is 0 Å². The van der Waals surface area contributed by atoms with Crippen molar-refractivity contribution in [3.8, 4) is 11.8 Å². The van der Waals surface area contributed by atoms with Gasteiger partial charge in [-0.3, -0.25) is 0 Å². The van der Waals surface area contributed by atoms with Crippen molar-refractivity contribution in [1.29, 1.82) is 5.26 Å². The quantitative estimate of drug-likeness (QED) is 0.577. The van der Waals surface area contributed by atoms with Crippen LogP contribution in [0.4, 0.5) is 0 Å². The Bertz CT molecular complexity index is 596. The van der Waals surface area contributed by atoms with E-state index in [9.17, 15) is 0 Å². The fourth-order valence-electron chi connectivity index (χ4n) is 1.53. The van der Waals surface area contributed by atoms with Crippen molar-refractivity contribution in [3.05, 3.63) is 52.6 Å². The van der Waals surface area contributed by atoms with Gasteiger partial charge in [-0.2, -0.15) is 5.26 Å². The molecule has 0 saturated carbocycles. The molecule has 20 heavy (non-hydrogen) atoms. The van der Waals surface area contributed by atoms with Gasteiger partial charge in [-0.15, -0.1) is 11.8 Å². The average Bonchev–Trinajstić information content (AvgIpc) is 2.49. The Labute approximate surface area is 131 Å². The van der Waals surface area contributed by atoms with Crippen LogP contribution in [0.5, 0.6) is 5.75 Å². The Balaban J connectivity index is 1.69. The predicted octanol–water partition coefficient (Wildman–Crippen LogP) is 4.28. The number of rotatable bonds is 6. The maximum Gasteiger partial charge on any atom is 0.120 e. The van der Waals surface area contributed by atoms with E-state index in [4.69, 9.17) is 10.00 Å². The molecule has 0 unspecified atom stereocenters. The van der Waals surface area contributed by atoms with Gasteiger partial charge in [-0.25, -0.2) is 4.98 Å². The van der Waals surface area contributed by atoms with E-state index in [2.05, 4.69) is 27.0 Å². The number of nitriles is 1. The van der Waals surface area contributed by atoms with Gasteiger partial charge in [-0.1, -0.05) is 6.07 Å². The first kappa shape index (κ1) is 14.9. The van der Waals surface area contributed by atoms with Crippen LogP contribution in [-0.2, 0) is 0 Å². The fraction of sp³-hybridized carbons (Fsp3) is 0.200. The van der Waals surface area contributed by atoms with Crippen LogP contribution >= 0.6 is 27.7 Å². The largest absolute Gasteiger partial charge is 0.494 e. The molecule has 0 aliphatic rings. The molecule has 0 aliphatic heterocycles. The minimum absolute atomic E-state index is 0.621. The van der Waals surface area contributed by atoms with Crippen LogP contribution in [0, 0.1) is 11.3 Å². The molecule has 102 valence electrons. The van der Waals surface area contributed by atoms with Crippen LogP contribution in [0.1, 0.15) is 12.0 Å². The summed E-state index contributed by atoms with van der Waals surface area (Å²) in [5.41, 5.74) is 0.621. The number of aromatic nitrogens is 1. The Morgan fingerprint density at radius 1 is 1.30 bits per heavy atom. The molecular formula is C15H13BrN2OS. The molecular weight excluding hydrogens is 336 g/mol. The Morgan fingerprint density at radius 2 is 2.20 bits per heavy atom. The molecule has 0 radical (unpaired) electrons. The van der Waals surface area contributed by atoms with Gasteiger partial charge < -0.3 is 4.74 Å². The molecule has 1 aromatic heterocycles. The lowest BCUT2D eigenvalue weighted by Crippen LogP contribution is -1.99. The number of benzene rings is 1. The minimum Gasteiger partial charge on any atom is -0.494 e. The molecule has 1 heterocycles. The summed E-state index contributed by atoms with van der Waals surface area (Å²) < 4.78 is 6.60. The highest BCUT2D eigenvalue weighted by atomic mass is 79.9. The summed E-state index contributed by atoms with van der Waals surface area (Å²) in [5.74, 6) is 1.70. The van der Waals surface area contributed by atoms with Crippen LogP contribution in [0.2, 0.25) is 0 Å². The monoisotopic (exact) mass is 348 g/mol. The first-order chi connectivity index (χ1) is 9.78. The van der Waals surface area contributed by atoms with Gasteiger partial charge >= 0.3 is 0 Å². The van der Waals surface area contributed by atoms with Gasteiger partial charge in [0.1, 0.15) is 5.75 Å². The molecule has 0 N–H and O–H groups in total. The molecule has 0 bridgehead atoms. The number of pyridine rings is 1. The van der Waals surface area contributed by atoms with E-state index < -0.39 is 0 Å². The van der Waals surface area contributed by atoms with Crippen molar-refractivity contribution in [3.63, 3.8) is 0 Å². The topological polar surface area (TPSA) is 45.9 Å². The summed E-state index contributed by atoms with van der Waals surface area (Å²) in [6, 6.07) is 13.3. The lowest BCUT2D eigenvalue weighted by atomic mass is 10.2. The molecule has 2 rings (SSSR count). The summed E-state index contributed by atoms with van der Waals surface area (Å²) >= 11 is 5.07. The van der Waals surface area contributed by atoms with Crippen molar-refractivity contribution >= 4 is 27.7 Å². The molecule has 0 aliphatic carbocycles. The SMILES string of the molecule is N#Cc1cccc(OCCCSc2ccc(Br)cn2)c1. The van der Waals surface area contributed by atoms with Crippen LogP contribution < -0.4 is 4.74 Å². The summed E-state index contributed by atoms with van der Waals surface area (Å²) in [4.78, 5) is 4.30. The minimum atomic E-state index is 0.621. The molecule has 0 saturated heterocycles. The molecule has 0 atom stereocenters. The normalized spacial score (nSPS) is 10.0. The number of nitrogens with zero attached hydrogens (tertiary/aromatic N) is 2. The van der Waals surface area contributed by atoms with Gasteiger partial charge in [0.05, 0.1) is 23.3 Å². The van der Waals surface area contributed by atoms with Crippen molar-refractivity contribution in [2.24, 2.45) is 0 Å². The molecule has 2 aromatic rings.